The zero-order chi connectivity index (χ0) is 25.3. The van der Waals surface area contributed by atoms with Crippen LogP contribution in [0.1, 0.15) is 57.2 Å². The molecule has 4 atom stereocenters. The molecule has 1 saturated heterocycles. The van der Waals surface area contributed by atoms with Crippen molar-refractivity contribution < 1.29 is 13.2 Å². The molecule has 2 bridgehead atoms. The number of benzene rings is 2. The Bertz CT molecular complexity index is 1200. The molecule has 3 fully saturated rings. The summed E-state index contributed by atoms with van der Waals surface area (Å²) in [6.07, 6.45) is 3.25. The molecule has 1 aliphatic heterocycles. The van der Waals surface area contributed by atoms with Gasteiger partial charge in [0.2, 0.25) is 10.0 Å². The van der Waals surface area contributed by atoms with E-state index in [1.54, 1.807) is 4.31 Å². The van der Waals surface area contributed by atoms with E-state index in [1.165, 1.54) is 6.26 Å². The summed E-state index contributed by atoms with van der Waals surface area (Å²) in [5.74, 6) is 0.323. The summed E-state index contributed by atoms with van der Waals surface area (Å²) in [5.41, 5.74) is 0.819. The number of rotatable bonds is 6. The fourth-order valence-electron chi connectivity index (χ4n) is 7.08. The van der Waals surface area contributed by atoms with Gasteiger partial charge in [-0.15, -0.1) is 0 Å². The van der Waals surface area contributed by atoms with Gasteiger partial charge in [-0.2, -0.15) is 4.31 Å². The third kappa shape index (κ3) is 3.79. The van der Waals surface area contributed by atoms with E-state index < -0.39 is 15.6 Å². The molecule has 188 valence electrons. The molecule has 0 amide bonds. The Morgan fingerprint density at radius 2 is 1.51 bits per heavy atom. The van der Waals surface area contributed by atoms with Gasteiger partial charge < -0.3 is 0 Å². The summed E-state index contributed by atoms with van der Waals surface area (Å²) in [6, 6.07) is 15.1. The molecule has 2 aliphatic carbocycles. The average molecular weight is 536 g/mol. The minimum absolute atomic E-state index is 0.0845. The van der Waals surface area contributed by atoms with Gasteiger partial charge in [0.25, 0.3) is 0 Å². The highest BCUT2D eigenvalue weighted by molar-refractivity contribution is 7.88. The van der Waals surface area contributed by atoms with Gasteiger partial charge in [-0.25, -0.2) is 8.42 Å². The third-order valence-corrected chi connectivity index (χ3v) is 10.9. The van der Waals surface area contributed by atoms with Crippen LogP contribution in [0.15, 0.2) is 48.5 Å². The molecular formula is C27H32Cl2N2O3S. The molecule has 2 aromatic carbocycles. The molecule has 4 unspecified atom stereocenters. The molecule has 2 saturated carbocycles. The van der Waals surface area contributed by atoms with Crippen LogP contribution in [0.5, 0.6) is 0 Å². The molecule has 0 spiro atoms. The van der Waals surface area contributed by atoms with Crippen molar-refractivity contribution in [3.8, 4) is 0 Å². The van der Waals surface area contributed by atoms with Crippen LogP contribution in [0.3, 0.4) is 0 Å². The number of likely N-dealkylation sites (tertiary alicyclic amines) is 1. The van der Waals surface area contributed by atoms with E-state index in [1.807, 2.05) is 48.5 Å². The van der Waals surface area contributed by atoms with E-state index in [-0.39, 0.29) is 35.2 Å². The summed E-state index contributed by atoms with van der Waals surface area (Å²) in [4.78, 5) is 15.7. The second kappa shape index (κ2) is 8.56. The topological polar surface area (TPSA) is 57.7 Å². The predicted octanol–water partition coefficient (Wildman–Crippen LogP) is 5.56. The van der Waals surface area contributed by atoms with Crippen LogP contribution in [0.2, 0.25) is 10.0 Å². The second-order valence-corrected chi connectivity index (χ2v) is 13.7. The molecule has 2 aromatic rings. The van der Waals surface area contributed by atoms with E-state index in [0.29, 0.717) is 29.4 Å². The van der Waals surface area contributed by atoms with E-state index in [4.69, 9.17) is 23.2 Å². The van der Waals surface area contributed by atoms with Gasteiger partial charge >= 0.3 is 0 Å². The molecule has 0 aromatic heterocycles. The van der Waals surface area contributed by atoms with E-state index in [9.17, 15) is 13.2 Å². The Hall–Kier alpha value is -1.44. The number of carbonyl (C=O) groups is 1. The van der Waals surface area contributed by atoms with Crippen molar-refractivity contribution in [2.75, 3.05) is 12.8 Å². The molecule has 0 radical (unpaired) electrons. The largest absolute Gasteiger partial charge is 0.298 e. The van der Waals surface area contributed by atoms with Crippen LogP contribution < -0.4 is 0 Å². The number of carbonyl (C=O) groups excluding carboxylic acids is 1. The highest BCUT2D eigenvalue weighted by Gasteiger charge is 2.70. The van der Waals surface area contributed by atoms with Crippen molar-refractivity contribution in [3.63, 3.8) is 0 Å². The summed E-state index contributed by atoms with van der Waals surface area (Å²) >= 11 is 12.3. The van der Waals surface area contributed by atoms with Crippen LogP contribution in [-0.2, 0) is 14.8 Å². The second-order valence-electron chi connectivity index (χ2n) is 11.0. The molecule has 8 heteroatoms. The number of halogens is 2. The monoisotopic (exact) mass is 534 g/mol. The Labute approximate surface area is 218 Å². The summed E-state index contributed by atoms with van der Waals surface area (Å²) in [6.45, 7) is 6.78. The Kier molecular flexibility index (Phi) is 6.17. The van der Waals surface area contributed by atoms with Crippen LogP contribution >= 0.6 is 23.2 Å². The first-order valence-corrected chi connectivity index (χ1v) is 14.8. The highest BCUT2D eigenvalue weighted by Crippen LogP contribution is 2.62. The molecule has 3 aliphatic rings. The van der Waals surface area contributed by atoms with Gasteiger partial charge in [-0.05, 0) is 66.5 Å². The first-order chi connectivity index (χ1) is 16.4. The SMILES string of the molecule is CC1C(N(C23CCC(CC2=O)C3(C)C)S(C)(=O)=O)CN1C(c1ccc(Cl)cc1)c1ccc(Cl)cc1. The zero-order valence-electron chi connectivity index (χ0n) is 20.5. The lowest BCUT2D eigenvalue weighted by Crippen LogP contribution is -2.74. The van der Waals surface area contributed by atoms with Crippen molar-refractivity contribution >= 4 is 39.0 Å². The van der Waals surface area contributed by atoms with E-state index >= 15 is 0 Å². The Morgan fingerprint density at radius 3 is 1.89 bits per heavy atom. The zero-order valence-corrected chi connectivity index (χ0v) is 22.9. The number of Topliss-reactive ketones (excluding diaryl/α,β-unsaturated/α-hetero) is 1. The fraction of sp³-hybridized carbons (Fsp3) is 0.519. The summed E-state index contributed by atoms with van der Waals surface area (Å²) in [7, 11) is -3.63. The third-order valence-electron chi connectivity index (χ3n) is 9.05. The van der Waals surface area contributed by atoms with Crippen molar-refractivity contribution in [1.29, 1.82) is 0 Å². The number of hydrogen-bond donors (Lipinski definition) is 0. The predicted molar refractivity (Wildman–Crippen MR) is 140 cm³/mol. The smallest absolute Gasteiger partial charge is 0.212 e. The lowest BCUT2D eigenvalue weighted by molar-refractivity contribution is -0.135. The minimum atomic E-state index is -3.63. The van der Waals surface area contributed by atoms with E-state index in [2.05, 4.69) is 25.7 Å². The Balaban J connectivity index is 1.53. The first kappa shape index (κ1) is 25.2. The highest BCUT2D eigenvalue weighted by atomic mass is 35.5. The van der Waals surface area contributed by atoms with Gasteiger partial charge in [-0.3, -0.25) is 9.69 Å². The summed E-state index contributed by atoms with van der Waals surface area (Å²) in [5, 5.41) is 1.33. The maximum atomic E-state index is 13.4. The molecule has 5 rings (SSSR count). The van der Waals surface area contributed by atoms with Crippen LogP contribution in [0.4, 0.5) is 0 Å². The van der Waals surface area contributed by atoms with Crippen LogP contribution in [0.25, 0.3) is 0 Å². The van der Waals surface area contributed by atoms with Gasteiger partial charge in [0.05, 0.1) is 23.9 Å². The number of fused-ring (bicyclic) bond motifs is 2. The van der Waals surface area contributed by atoms with Crippen molar-refractivity contribution in [2.45, 2.75) is 63.7 Å². The van der Waals surface area contributed by atoms with Gasteiger partial charge in [0, 0.05) is 29.1 Å². The minimum Gasteiger partial charge on any atom is -0.298 e. The van der Waals surface area contributed by atoms with Gasteiger partial charge in [0.15, 0.2) is 5.78 Å². The quantitative estimate of drug-likeness (QED) is 0.486. The Morgan fingerprint density at radius 1 is 1.00 bits per heavy atom. The van der Waals surface area contributed by atoms with Gasteiger partial charge in [0.1, 0.15) is 0 Å². The number of nitrogens with zero attached hydrogens (tertiary/aromatic N) is 2. The first-order valence-electron chi connectivity index (χ1n) is 12.2. The molecular weight excluding hydrogens is 503 g/mol. The number of ketones is 1. The van der Waals surface area contributed by atoms with Crippen molar-refractivity contribution in [3.05, 3.63) is 69.7 Å². The van der Waals surface area contributed by atoms with Crippen molar-refractivity contribution in [1.82, 2.24) is 9.21 Å². The molecule has 5 nitrogen and oxygen atoms in total. The maximum absolute atomic E-state index is 13.4. The number of hydrogen-bond acceptors (Lipinski definition) is 4. The summed E-state index contributed by atoms with van der Waals surface area (Å²) < 4.78 is 28.3. The number of sulfonamides is 1. The lowest BCUT2D eigenvalue weighted by Gasteiger charge is -2.58. The average Bonchev–Trinajstić information content (AvgIpc) is 3.14. The lowest BCUT2D eigenvalue weighted by atomic mass is 9.74. The standard InChI is InChI=1S/C27H32Cl2N2O3S/c1-17-23(31(35(4,33)34)27-14-13-20(15-24(27)32)26(27,2)3)16-30(17)25(18-5-9-21(28)10-6-18)19-7-11-22(29)12-8-19/h5-12,17,20,23,25H,13-16H2,1-4H3. The van der Waals surface area contributed by atoms with Crippen LogP contribution in [-0.4, -0.2) is 53.8 Å². The molecule has 1 heterocycles. The molecule has 0 N–H and O–H groups in total. The van der Waals surface area contributed by atoms with Crippen molar-refractivity contribution in [2.24, 2.45) is 11.3 Å². The van der Waals surface area contributed by atoms with E-state index in [0.717, 1.165) is 17.5 Å². The van der Waals surface area contributed by atoms with Gasteiger partial charge in [-0.1, -0.05) is 61.3 Å². The maximum Gasteiger partial charge on any atom is 0.212 e. The fourth-order valence-corrected chi connectivity index (χ4v) is 9.06. The molecule has 35 heavy (non-hydrogen) atoms. The normalized spacial score (nSPS) is 30.3. The van der Waals surface area contributed by atoms with Crippen LogP contribution in [0, 0.1) is 11.3 Å².